The Balaban J connectivity index is 1.83. The van der Waals surface area contributed by atoms with Gasteiger partial charge in [0.15, 0.2) is 0 Å². The molecule has 1 fully saturated rings. The lowest BCUT2D eigenvalue weighted by atomic mass is 10.1. The molecular formula is C18H17ClN2O2S. The van der Waals surface area contributed by atoms with Crippen LogP contribution >= 0.6 is 23.4 Å². The highest BCUT2D eigenvalue weighted by atomic mass is 35.5. The molecule has 2 aromatic carbocycles. The monoisotopic (exact) mass is 360 g/mol. The van der Waals surface area contributed by atoms with E-state index in [1.807, 2.05) is 60.4 Å². The number of halogens is 1. The van der Waals surface area contributed by atoms with Crippen molar-refractivity contribution in [2.24, 2.45) is 0 Å². The first-order valence-corrected chi connectivity index (χ1v) is 9.13. The minimum atomic E-state index is -0.240. The highest BCUT2D eigenvalue weighted by Gasteiger charge is 2.33. The number of nitrogens with one attached hydrogen (secondary N) is 1. The van der Waals surface area contributed by atoms with Crippen LogP contribution in [0.2, 0.25) is 0 Å². The number of nitrogens with zero attached hydrogens (tertiary/aromatic N) is 1. The van der Waals surface area contributed by atoms with Crippen LogP contribution in [-0.2, 0) is 9.59 Å². The molecule has 1 N–H and O–H groups in total. The largest absolute Gasteiger partial charge is 0.325 e. The Morgan fingerprint density at radius 3 is 2.50 bits per heavy atom. The van der Waals surface area contributed by atoms with E-state index in [1.54, 1.807) is 11.8 Å². The van der Waals surface area contributed by atoms with E-state index in [9.17, 15) is 9.59 Å². The zero-order valence-electron chi connectivity index (χ0n) is 13.2. The number of anilines is 2. The number of benzene rings is 2. The van der Waals surface area contributed by atoms with Gasteiger partial charge in [0.1, 0.15) is 11.3 Å². The first-order chi connectivity index (χ1) is 11.6. The molecule has 24 heavy (non-hydrogen) atoms. The smallest absolute Gasteiger partial charge is 0.239 e. The molecule has 0 aromatic heterocycles. The SMILES string of the molecule is Cc1ccc(N2C(=O)CS[C@H]2c2ccc(NC(=O)CCl)cc2)cc1. The number of alkyl halides is 1. The molecule has 0 aliphatic carbocycles. The number of hydrogen-bond donors (Lipinski definition) is 1. The molecule has 1 saturated heterocycles. The highest BCUT2D eigenvalue weighted by Crippen LogP contribution is 2.41. The molecule has 2 amide bonds. The number of rotatable bonds is 4. The third-order valence-corrected chi connectivity index (χ3v) is 5.24. The van der Waals surface area contributed by atoms with Crippen LogP contribution in [0, 0.1) is 6.92 Å². The molecule has 1 aliphatic heterocycles. The summed E-state index contributed by atoms with van der Waals surface area (Å²) in [6.07, 6.45) is 0. The van der Waals surface area contributed by atoms with Crippen LogP contribution < -0.4 is 10.2 Å². The van der Waals surface area contributed by atoms with E-state index in [0.29, 0.717) is 11.4 Å². The summed E-state index contributed by atoms with van der Waals surface area (Å²) in [5.74, 6) is 0.253. The lowest BCUT2D eigenvalue weighted by Gasteiger charge is -2.24. The van der Waals surface area contributed by atoms with Crippen LogP contribution in [-0.4, -0.2) is 23.4 Å². The molecule has 1 heterocycles. The summed E-state index contributed by atoms with van der Waals surface area (Å²) in [6, 6.07) is 15.5. The Morgan fingerprint density at radius 1 is 1.21 bits per heavy atom. The number of aryl methyl sites for hydroxylation is 1. The molecule has 6 heteroatoms. The van der Waals surface area contributed by atoms with Gasteiger partial charge in [0, 0.05) is 11.4 Å². The molecule has 4 nitrogen and oxygen atoms in total. The number of thioether (sulfide) groups is 1. The third-order valence-electron chi connectivity index (χ3n) is 3.78. The lowest BCUT2D eigenvalue weighted by molar-refractivity contribution is -0.116. The predicted molar refractivity (Wildman–Crippen MR) is 99.7 cm³/mol. The first-order valence-electron chi connectivity index (χ1n) is 7.54. The number of hydrogen-bond acceptors (Lipinski definition) is 3. The Hall–Kier alpha value is -1.98. The second-order valence-electron chi connectivity index (χ2n) is 5.57. The second kappa shape index (κ2) is 7.28. The zero-order valence-corrected chi connectivity index (χ0v) is 14.7. The quantitative estimate of drug-likeness (QED) is 0.840. The number of amides is 2. The van der Waals surface area contributed by atoms with Gasteiger partial charge in [-0.15, -0.1) is 23.4 Å². The van der Waals surface area contributed by atoms with Gasteiger partial charge >= 0.3 is 0 Å². The molecular weight excluding hydrogens is 344 g/mol. The molecule has 0 bridgehead atoms. The van der Waals surface area contributed by atoms with E-state index in [4.69, 9.17) is 11.6 Å². The van der Waals surface area contributed by atoms with E-state index < -0.39 is 0 Å². The van der Waals surface area contributed by atoms with Gasteiger partial charge in [-0.25, -0.2) is 0 Å². The van der Waals surface area contributed by atoms with Gasteiger partial charge in [0.25, 0.3) is 0 Å². The molecule has 3 rings (SSSR count). The first kappa shape index (κ1) is 16.9. The van der Waals surface area contributed by atoms with Crippen molar-refractivity contribution in [2.75, 3.05) is 21.8 Å². The Morgan fingerprint density at radius 2 is 1.88 bits per heavy atom. The molecule has 0 unspecified atom stereocenters. The molecule has 0 spiro atoms. The lowest BCUT2D eigenvalue weighted by Crippen LogP contribution is -2.27. The Bertz CT molecular complexity index is 747. The van der Waals surface area contributed by atoms with Crippen molar-refractivity contribution in [2.45, 2.75) is 12.3 Å². The standard InChI is InChI=1S/C18H17ClN2O2S/c1-12-2-8-15(9-3-12)21-17(23)11-24-18(21)13-4-6-14(7-5-13)20-16(22)10-19/h2-9,18H,10-11H2,1H3,(H,20,22)/t18-/m0/s1. The molecule has 2 aromatic rings. The zero-order chi connectivity index (χ0) is 17.1. The van der Waals surface area contributed by atoms with Crippen molar-refractivity contribution < 1.29 is 9.59 Å². The summed E-state index contributed by atoms with van der Waals surface area (Å²) in [4.78, 5) is 25.5. The van der Waals surface area contributed by atoms with Crippen LogP contribution in [0.25, 0.3) is 0 Å². The number of carbonyl (C=O) groups excluding carboxylic acids is 2. The summed E-state index contributed by atoms with van der Waals surface area (Å²) in [7, 11) is 0. The van der Waals surface area contributed by atoms with E-state index in [1.165, 1.54) is 0 Å². The van der Waals surface area contributed by atoms with E-state index in [-0.39, 0.29) is 23.1 Å². The van der Waals surface area contributed by atoms with Gasteiger partial charge in [0.05, 0.1) is 5.75 Å². The third kappa shape index (κ3) is 3.57. The Labute approximate surface area is 150 Å². The van der Waals surface area contributed by atoms with Gasteiger partial charge in [-0.3, -0.25) is 14.5 Å². The molecule has 0 saturated carbocycles. The minimum absolute atomic E-state index is 0.0574. The summed E-state index contributed by atoms with van der Waals surface area (Å²) < 4.78 is 0. The van der Waals surface area contributed by atoms with Crippen LogP contribution in [0.3, 0.4) is 0 Å². The van der Waals surface area contributed by atoms with Crippen molar-refractivity contribution in [3.63, 3.8) is 0 Å². The maximum absolute atomic E-state index is 12.3. The molecule has 1 atom stereocenters. The summed E-state index contributed by atoms with van der Waals surface area (Å²) >= 11 is 7.09. The molecule has 1 aliphatic rings. The van der Waals surface area contributed by atoms with Crippen molar-refractivity contribution >= 4 is 46.6 Å². The van der Waals surface area contributed by atoms with Crippen molar-refractivity contribution in [1.29, 1.82) is 0 Å². The van der Waals surface area contributed by atoms with Crippen molar-refractivity contribution in [3.8, 4) is 0 Å². The van der Waals surface area contributed by atoms with Crippen molar-refractivity contribution in [1.82, 2.24) is 0 Å². The fourth-order valence-electron chi connectivity index (χ4n) is 2.58. The predicted octanol–water partition coefficient (Wildman–Crippen LogP) is 3.95. The summed E-state index contributed by atoms with van der Waals surface area (Å²) in [5, 5.41) is 2.65. The summed E-state index contributed by atoms with van der Waals surface area (Å²) in [6.45, 7) is 2.02. The van der Waals surface area contributed by atoms with Gasteiger partial charge < -0.3 is 5.32 Å². The average Bonchev–Trinajstić information content (AvgIpc) is 2.98. The van der Waals surface area contributed by atoms with Crippen LogP contribution in [0.1, 0.15) is 16.5 Å². The van der Waals surface area contributed by atoms with Crippen molar-refractivity contribution in [3.05, 3.63) is 59.7 Å². The van der Waals surface area contributed by atoms with Gasteiger partial charge in [0.2, 0.25) is 11.8 Å². The van der Waals surface area contributed by atoms with E-state index in [2.05, 4.69) is 5.32 Å². The normalized spacial score (nSPS) is 17.2. The van der Waals surface area contributed by atoms with Gasteiger partial charge in [-0.1, -0.05) is 29.8 Å². The van der Waals surface area contributed by atoms with Crippen LogP contribution in [0.5, 0.6) is 0 Å². The number of carbonyl (C=O) groups is 2. The van der Waals surface area contributed by atoms with E-state index >= 15 is 0 Å². The fraction of sp³-hybridized carbons (Fsp3) is 0.222. The maximum atomic E-state index is 12.3. The average molecular weight is 361 g/mol. The van der Waals surface area contributed by atoms with Crippen LogP contribution in [0.15, 0.2) is 48.5 Å². The molecule has 0 radical (unpaired) electrons. The fourth-order valence-corrected chi connectivity index (χ4v) is 3.82. The van der Waals surface area contributed by atoms with Gasteiger partial charge in [-0.05, 0) is 36.8 Å². The second-order valence-corrected chi connectivity index (χ2v) is 6.90. The maximum Gasteiger partial charge on any atom is 0.239 e. The van der Waals surface area contributed by atoms with Crippen LogP contribution in [0.4, 0.5) is 11.4 Å². The highest BCUT2D eigenvalue weighted by molar-refractivity contribution is 8.00. The Kier molecular flexibility index (Phi) is 5.11. The molecule has 124 valence electrons. The van der Waals surface area contributed by atoms with E-state index in [0.717, 1.165) is 16.8 Å². The topological polar surface area (TPSA) is 49.4 Å². The minimum Gasteiger partial charge on any atom is -0.325 e. The summed E-state index contributed by atoms with van der Waals surface area (Å²) in [5.41, 5.74) is 3.78. The van der Waals surface area contributed by atoms with Gasteiger partial charge in [-0.2, -0.15) is 0 Å².